The van der Waals surface area contributed by atoms with Gasteiger partial charge in [0.1, 0.15) is 10.9 Å². The molecule has 0 aliphatic heterocycles. The van der Waals surface area contributed by atoms with Crippen molar-refractivity contribution in [2.75, 3.05) is 0 Å². The summed E-state index contributed by atoms with van der Waals surface area (Å²) in [5, 5.41) is 21.0. The van der Waals surface area contributed by atoms with E-state index < -0.39 is 47.1 Å². The van der Waals surface area contributed by atoms with Crippen LogP contribution in [-0.4, -0.2) is 45.1 Å². The first-order valence-electron chi connectivity index (χ1n) is 8.38. The van der Waals surface area contributed by atoms with Gasteiger partial charge in [-0.1, -0.05) is 24.3 Å². The molecule has 28 heavy (non-hydrogen) atoms. The van der Waals surface area contributed by atoms with E-state index in [1.165, 1.54) is 13.8 Å². The van der Waals surface area contributed by atoms with Crippen molar-refractivity contribution >= 4 is 18.0 Å². The van der Waals surface area contributed by atoms with E-state index in [-0.39, 0.29) is 24.9 Å². The van der Waals surface area contributed by atoms with Gasteiger partial charge in [0.2, 0.25) is 0 Å². The quantitative estimate of drug-likeness (QED) is 0.186. The molecule has 0 radical (unpaired) electrons. The number of ether oxygens (including phenoxy) is 1. The Kier molecular flexibility index (Phi) is 8.46. The van der Waals surface area contributed by atoms with Gasteiger partial charge in [-0.05, 0) is 32.6 Å². The van der Waals surface area contributed by atoms with E-state index in [0.29, 0.717) is 12.8 Å². The molecule has 1 saturated carbocycles. The molecule has 1 atom stereocenters. The highest BCUT2D eigenvalue weighted by molar-refractivity contribution is 7.96. The molecule has 0 bridgehead atoms. The number of rotatable bonds is 8. The number of carbonyl (C=O) groups excluding carboxylic acids is 1. The van der Waals surface area contributed by atoms with Crippen molar-refractivity contribution in [2.45, 2.75) is 81.2 Å². The van der Waals surface area contributed by atoms with Gasteiger partial charge in [-0.25, -0.2) is 5.26 Å². The maximum atomic E-state index is 13.1. The van der Waals surface area contributed by atoms with Crippen LogP contribution in [0.5, 0.6) is 0 Å². The lowest BCUT2D eigenvalue weighted by atomic mass is 9.80. The average molecular weight is 444 g/mol. The van der Waals surface area contributed by atoms with E-state index in [1.807, 2.05) is 0 Å². The highest BCUT2D eigenvalue weighted by atomic mass is 32.2. The molecule has 1 unspecified atom stereocenters. The standard InChI is InChI=1S/C15H22F6O6S/c1-12(2,28-27-26-24)11(22)25-10(9-6-4-3-5-7-9)8-13(23,14(16,17)18)15(19,20)21/h9-10,23-24H,3-8H2,1-2H3. The number of esters is 1. The summed E-state index contributed by atoms with van der Waals surface area (Å²) in [5.74, 6) is -1.96. The third kappa shape index (κ3) is 6.12. The van der Waals surface area contributed by atoms with Crippen LogP contribution >= 0.6 is 12.0 Å². The molecular formula is C15H22F6O6S. The average Bonchev–Trinajstić information content (AvgIpc) is 2.58. The summed E-state index contributed by atoms with van der Waals surface area (Å²) in [7, 11) is 0. The molecule has 0 aromatic heterocycles. The van der Waals surface area contributed by atoms with E-state index >= 15 is 0 Å². The summed E-state index contributed by atoms with van der Waals surface area (Å²) in [6, 6.07) is 0. The second kappa shape index (κ2) is 9.37. The molecule has 1 fully saturated rings. The van der Waals surface area contributed by atoms with Crippen molar-refractivity contribution in [2.24, 2.45) is 5.92 Å². The molecule has 1 aliphatic carbocycles. The van der Waals surface area contributed by atoms with Gasteiger partial charge in [0.25, 0.3) is 5.60 Å². The van der Waals surface area contributed by atoms with E-state index in [2.05, 4.69) is 9.37 Å². The molecule has 2 N–H and O–H groups in total. The number of aliphatic hydroxyl groups is 1. The Balaban J connectivity index is 3.13. The Morgan fingerprint density at radius 1 is 1.07 bits per heavy atom. The minimum atomic E-state index is -6.01. The first-order chi connectivity index (χ1) is 12.7. The van der Waals surface area contributed by atoms with E-state index in [4.69, 9.17) is 9.99 Å². The van der Waals surface area contributed by atoms with Crippen LogP contribution in [0, 0.1) is 5.92 Å². The molecule has 13 heteroatoms. The van der Waals surface area contributed by atoms with Gasteiger partial charge in [-0.2, -0.15) is 26.3 Å². The maximum Gasteiger partial charge on any atom is 0.426 e. The molecule has 0 amide bonds. The van der Waals surface area contributed by atoms with Gasteiger partial charge in [-0.15, -0.1) is 4.33 Å². The van der Waals surface area contributed by atoms with Gasteiger partial charge < -0.3 is 9.84 Å². The summed E-state index contributed by atoms with van der Waals surface area (Å²) in [5.41, 5.74) is -5.02. The minimum absolute atomic E-state index is 0.251. The SMILES string of the molecule is CC(C)(SOOO)C(=O)OC(CC(O)(C(F)(F)F)C(F)(F)F)C1CCCCC1. The highest BCUT2D eigenvalue weighted by Gasteiger charge is 2.71. The third-order valence-electron chi connectivity index (χ3n) is 4.63. The van der Waals surface area contributed by atoms with Gasteiger partial charge in [0, 0.05) is 6.42 Å². The first-order valence-corrected chi connectivity index (χ1v) is 9.12. The monoisotopic (exact) mass is 444 g/mol. The largest absolute Gasteiger partial charge is 0.461 e. The highest BCUT2D eigenvalue weighted by Crippen LogP contribution is 2.48. The fourth-order valence-corrected chi connectivity index (χ4v) is 3.22. The van der Waals surface area contributed by atoms with Gasteiger partial charge in [0.05, 0.1) is 12.0 Å². The van der Waals surface area contributed by atoms with Gasteiger partial charge in [-0.3, -0.25) is 4.79 Å². The van der Waals surface area contributed by atoms with Crippen LogP contribution in [0.4, 0.5) is 26.3 Å². The van der Waals surface area contributed by atoms with Crippen molar-refractivity contribution in [1.29, 1.82) is 0 Å². The topological polar surface area (TPSA) is 85.2 Å². The van der Waals surface area contributed by atoms with Crippen LogP contribution in [0.2, 0.25) is 0 Å². The van der Waals surface area contributed by atoms with Crippen LogP contribution in [0.1, 0.15) is 52.4 Å². The second-order valence-electron chi connectivity index (χ2n) is 7.14. The number of alkyl halides is 6. The van der Waals surface area contributed by atoms with Crippen molar-refractivity contribution in [3.63, 3.8) is 0 Å². The number of hydrogen-bond acceptors (Lipinski definition) is 7. The molecule has 1 rings (SSSR count). The molecule has 6 nitrogen and oxygen atoms in total. The van der Waals surface area contributed by atoms with Crippen LogP contribution in [0.25, 0.3) is 0 Å². The normalized spacial score (nSPS) is 18.8. The van der Waals surface area contributed by atoms with Crippen LogP contribution in [0.15, 0.2) is 0 Å². The summed E-state index contributed by atoms with van der Waals surface area (Å²) in [4.78, 5) is 12.3. The minimum Gasteiger partial charge on any atom is -0.461 e. The van der Waals surface area contributed by atoms with Gasteiger partial charge in [0.15, 0.2) is 0 Å². The van der Waals surface area contributed by atoms with Crippen LogP contribution < -0.4 is 0 Å². The molecule has 0 aromatic carbocycles. The van der Waals surface area contributed by atoms with E-state index in [1.54, 1.807) is 0 Å². The summed E-state index contributed by atoms with van der Waals surface area (Å²) in [6.07, 6.45) is -13.3. The lowest BCUT2D eigenvalue weighted by Gasteiger charge is -2.39. The van der Waals surface area contributed by atoms with Crippen LogP contribution in [-0.2, 0) is 18.9 Å². The molecule has 1 aliphatic rings. The summed E-state index contributed by atoms with van der Waals surface area (Å²) in [6.45, 7) is 2.41. The zero-order chi connectivity index (χ0) is 21.8. The Bertz CT molecular complexity index is 504. The van der Waals surface area contributed by atoms with E-state index in [9.17, 15) is 36.2 Å². The van der Waals surface area contributed by atoms with Gasteiger partial charge >= 0.3 is 18.3 Å². The van der Waals surface area contributed by atoms with E-state index in [0.717, 1.165) is 6.42 Å². The fraction of sp³-hybridized carbons (Fsp3) is 0.933. The molecule has 0 heterocycles. The zero-order valence-electron chi connectivity index (χ0n) is 15.1. The molecule has 0 aromatic rings. The van der Waals surface area contributed by atoms with Crippen molar-refractivity contribution in [1.82, 2.24) is 0 Å². The molecule has 166 valence electrons. The maximum absolute atomic E-state index is 13.1. The lowest BCUT2D eigenvalue weighted by Crippen LogP contribution is -2.59. The number of halogens is 6. The van der Waals surface area contributed by atoms with Crippen molar-refractivity contribution in [3.8, 4) is 0 Å². The molecular weight excluding hydrogens is 422 g/mol. The number of hydrogen-bond donors (Lipinski definition) is 2. The summed E-state index contributed by atoms with van der Waals surface area (Å²) < 4.78 is 86.0. The smallest absolute Gasteiger partial charge is 0.426 e. The Morgan fingerprint density at radius 3 is 2.00 bits per heavy atom. The van der Waals surface area contributed by atoms with Crippen molar-refractivity contribution in [3.05, 3.63) is 0 Å². The summed E-state index contributed by atoms with van der Waals surface area (Å²) >= 11 is 0.251. The lowest BCUT2D eigenvalue weighted by molar-refractivity contribution is -0.432. The third-order valence-corrected chi connectivity index (χ3v) is 5.35. The first kappa shape index (κ1) is 25.3. The Hall–Kier alpha value is -0.760. The predicted molar refractivity (Wildman–Crippen MR) is 84.6 cm³/mol. The number of carbonyl (C=O) groups is 1. The predicted octanol–water partition coefficient (Wildman–Crippen LogP) is 4.57. The second-order valence-corrected chi connectivity index (χ2v) is 8.46. The molecule has 0 spiro atoms. The molecule has 0 saturated heterocycles. The van der Waals surface area contributed by atoms with Crippen molar-refractivity contribution < 1.29 is 55.6 Å². The Labute approximate surface area is 161 Å². The zero-order valence-corrected chi connectivity index (χ0v) is 15.9. The fourth-order valence-electron chi connectivity index (χ4n) is 2.91. The Morgan fingerprint density at radius 2 is 1.57 bits per heavy atom. The van der Waals surface area contributed by atoms with Crippen LogP contribution in [0.3, 0.4) is 0 Å².